The summed E-state index contributed by atoms with van der Waals surface area (Å²) in [6.07, 6.45) is 0.814. The van der Waals surface area contributed by atoms with E-state index in [9.17, 15) is 4.79 Å². The molecular weight excluding hydrogens is 232 g/mol. The first kappa shape index (κ1) is 12.7. The number of nitrogens with zero attached hydrogens (tertiary/aromatic N) is 1. The second-order valence-corrected chi connectivity index (χ2v) is 4.19. The zero-order valence-corrected chi connectivity index (χ0v) is 10.9. The van der Waals surface area contributed by atoms with Crippen molar-refractivity contribution in [3.8, 4) is 11.5 Å². The van der Waals surface area contributed by atoms with Gasteiger partial charge in [0.05, 0.1) is 25.9 Å². The Hall–Kier alpha value is -1.75. The molecule has 18 heavy (non-hydrogen) atoms. The number of nitrogens with one attached hydrogen (secondary N) is 1. The van der Waals surface area contributed by atoms with E-state index >= 15 is 0 Å². The van der Waals surface area contributed by atoms with Crippen molar-refractivity contribution in [2.45, 2.75) is 12.5 Å². The molecular formula is C13H18N2O3. The minimum Gasteiger partial charge on any atom is -0.497 e. The maximum absolute atomic E-state index is 12.1. The quantitative estimate of drug-likeness (QED) is 0.867. The first-order chi connectivity index (χ1) is 8.69. The molecule has 98 valence electrons. The lowest BCUT2D eigenvalue weighted by Crippen LogP contribution is -2.36. The number of hydrogen-bond acceptors (Lipinski definition) is 4. The Morgan fingerprint density at radius 3 is 2.28 bits per heavy atom. The van der Waals surface area contributed by atoms with Crippen LogP contribution in [0.3, 0.4) is 0 Å². The molecule has 0 aliphatic carbocycles. The van der Waals surface area contributed by atoms with Gasteiger partial charge in [0.15, 0.2) is 0 Å². The number of ether oxygens (including phenoxy) is 2. The number of likely N-dealkylation sites (N-methyl/N-ethyl adjacent to an activating group) is 1. The molecule has 1 amide bonds. The zero-order valence-electron chi connectivity index (χ0n) is 10.9. The van der Waals surface area contributed by atoms with E-state index in [1.807, 2.05) is 12.1 Å². The fourth-order valence-electron chi connectivity index (χ4n) is 2.15. The Bertz CT molecular complexity index is 426. The van der Waals surface area contributed by atoms with Gasteiger partial charge in [-0.1, -0.05) is 0 Å². The molecule has 2 rings (SSSR count). The molecule has 0 bridgehead atoms. The van der Waals surface area contributed by atoms with Crippen LogP contribution in [0.5, 0.6) is 11.5 Å². The highest BCUT2D eigenvalue weighted by Gasteiger charge is 2.31. The molecule has 1 heterocycles. The zero-order chi connectivity index (χ0) is 13.1. The summed E-state index contributed by atoms with van der Waals surface area (Å²) in [6, 6.07) is 5.39. The molecule has 1 aromatic carbocycles. The number of benzene rings is 1. The molecule has 1 aromatic rings. The van der Waals surface area contributed by atoms with Gasteiger partial charge in [0.2, 0.25) is 5.91 Å². The van der Waals surface area contributed by atoms with Gasteiger partial charge in [-0.05, 0) is 13.5 Å². The van der Waals surface area contributed by atoms with Crippen molar-refractivity contribution in [3.63, 3.8) is 0 Å². The number of rotatable bonds is 4. The van der Waals surface area contributed by atoms with Crippen LogP contribution >= 0.6 is 0 Å². The number of methoxy groups -OCH3 is 2. The maximum atomic E-state index is 12.1. The Kier molecular flexibility index (Phi) is 3.72. The lowest BCUT2D eigenvalue weighted by Gasteiger charge is -2.18. The average Bonchev–Trinajstić information content (AvgIpc) is 2.79. The fourth-order valence-corrected chi connectivity index (χ4v) is 2.15. The second-order valence-electron chi connectivity index (χ2n) is 4.19. The normalized spacial score (nSPS) is 19.2. The SMILES string of the molecule is CN[C@H]1CCN(c2cc(OC)cc(OC)c2)C1=O. The summed E-state index contributed by atoms with van der Waals surface area (Å²) in [4.78, 5) is 13.9. The van der Waals surface area contributed by atoms with Gasteiger partial charge in [-0.15, -0.1) is 0 Å². The molecule has 1 saturated heterocycles. The standard InChI is InChI=1S/C13H18N2O3/c1-14-12-4-5-15(13(12)16)9-6-10(17-2)8-11(7-9)18-3/h6-8,12,14H,4-5H2,1-3H3/t12-/m0/s1. The van der Waals surface area contributed by atoms with Crippen LogP contribution in [0.4, 0.5) is 5.69 Å². The number of carbonyl (C=O) groups is 1. The molecule has 0 spiro atoms. The van der Waals surface area contributed by atoms with Crippen LogP contribution in [0.2, 0.25) is 0 Å². The van der Waals surface area contributed by atoms with Crippen molar-refractivity contribution >= 4 is 11.6 Å². The molecule has 0 radical (unpaired) electrons. The monoisotopic (exact) mass is 250 g/mol. The molecule has 5 heteroatoms. The van der Waals surface area contributed by atoms with Gasteiger partial charge in [0.25, 0.3) is 0 Å². The van der Waals surface area contributed by atoms with Gasteiger partial charge in [-0.3, -0.25) is 4.79 Å². The van der Waals surface area contributed by atoms with Crippen LogP contribution in [0.25, 0.3) is 0 Å². The van der Waals surface area contributed by atoms with Gasteiger partial charge in [-0.25, -0.2) is 0 Å². The fraction of sp³-hybridized carbons (Fsp3) is 0.462. The molecule has 0 saturated carbocycles. The molecule has 5 nitrogen and oxygen atoms in total. The first-order valence-corrected chi connectivity index (χ1v) is 5.91. The maximum Gasteiger partial charge on any atom is 0.244 e. The number of amides is 1. The molecule has 1 aliphatic rings. The first-order valence-electron chi connectivity index (χ1n) is 5.91. The smallest absolute Gasteiger partial charge is 0.244 e. The minimum atomic E-state index is -0.0952. The van der Waals surface area contributed by atoms with E-state index in [2.05, 4.69) is 5.32 Å². The summed E-state index contributed by atoms with van der Waals surface area (Å²) in [5.74, 6) is 1.46. The van der Waals surface area contributed by atoms with E-state index in [4.69, 9.17) is 9.47 Å². The summed E-state index contributed by atoms with van der Waals surface area (Å²) in [5.41, 5.74) is 0.814. The van der Waals surface area contributed by atoms with Gasteiger partial charge >= 0.3 is 0 Å². The summed E-state index contributed by atoms with van der Waals surface area (Å²) in [7, 11) is 5.00. The van der Waals surface area contributed by atoms with Crippen LogP contribution < -0.4 is 19.7 Å². The highest BCUT2D eigenvalue weighted by atomic mass is 16.5. The van der Waals surface area contributed by atoms with E-state index < -0.39 is 0 Å². The van der Waals surface area contributed by atoms with Crippen LogP contribution in [0.1, 0.15) is 6.42 Å². The van der Waals surface area contributed by atoms with Crippen molar-refractivity contribution < 1.29 is 14.3 Å². The molecule has 1 aliphatic heterocycles. The van der Waals surface area contributed by atoms with E-state index in [0.29, 0.717) is 18.0 Å². The van der Waals surface area contributed by atoms with Crippen molar-refractivity contribution in [3.05, 3.63) is 18.2 Å². The highest BCUT2D eigenvalue weighted by Crippen LogP contribution is 2.30. The van der Waals surface area contributed by atoms with Crippen LogP contribution in [-0.2, 0) is 4.79 Å². The summed E-state index contributed by atoms with van der Waals surface area (Å²) in [5, 5.41) is 3.02. The van der Waals surface area contributed by atoms with Crippen LogP contribution in [0, 0.1) is 0 Å². The molecule has 0 aromatic heterocycles. The van der Waals surface area contributed by atoms with Gasteiger partial charge in [-0.2, -0.15) is 0 Å². The molecule has 1 atom stereocenters. The largest absolute Gasteiger partial charge is 0.497 e. The Morgan fingerprint density at radius 1 is 1.22 bits per heavy atom. The predicted octanol–water partition coefficient (Wildman–Crippen LogP) is 1.03. The third-order valence-corrected chi connectivity index (χ3v) is 3.20. The highest BCUT2D eigenvalue weighted by molar-refractivity contribution is 5.99. The van der Waals surface area contributed by atoms with Crippen molar-refractivity contribution in [1.82, 2.24) is 5.32 Å². The Balaban J connectivity index is 2.30. The third kappa shape index (κ3) is 2.26. The van der Waals surface area contributed by atoms with E-state index in [0.717, 1.165) is 12.1 Å². The van der Waals surface area contributed by atoms with E-state index in [1.54, 1.807) is 32.2 Å². The number of hydrogen-bond donors (Lipinski definition) is 1. The third-order valence-electron chi connectivity index (χ3n) is 3.20. The molecule has 1 N–H and O–H groups in total. The topological polar surface area (TPSA) is 50.8 Å². The Morgan fingerprint density at radius 2 is 1.83 bits per heavy atom. The summed E-state index contributed by atoms with van der Waals surface area (Å²) in [6.45, 7) is 0.709. The van der Waals surface area contributed by atoms with Crippen LogP contribution in [0.15, 0.2) is 18.2 Å². The van der Waals surface area contributed by atoms with Crippen molar-refractivity contribution in [1.29, 1.82) is 0 Å². The summed E-state index contributed by atoms with van der Waals surface area (Å²) >= 11 is 0. The van der Waals surface area contributed by atoms with Gasteiger partial charge in [0.1, 0.15) is 11.5 Å². The number of anilines is 1. The lowest BCUT2D eigenvalue weighted by atomic mass is 10.2. The molecule has 1 fully saturated rings. The van der Waals surface area contributed by atoms with E-state index in [-0.39, 0.29) is 11.9 Å². The van der Waals surface area contributed by atoms with Gasteiger partial charge < -0.3 is 19.7 Å². The summed E-state index contributed by atoms with van der Waals surface area (Å²) < 4.78 is 10.4. The lowest BCUT2D eigenvalue weighted by molar-refractivity contribution is -0.118. The average molecular weight is 250 g/mol. The molecule has 0 unspecified atom stereocenters. The van der Waals surface area contributed by atoms with Crippen molar-refractivity contribution in [2.24, 2.45) is 0 Å². The Labute approximate surface area is 107 Å². The predicted molar refractivity (Wildman–Crippen MR) is 69.4 cm³/mol. The van der Waals surface area contributed by atoms with Crippen molar-refractivity contribution in [2.75, 3.05) is 32.7 Å². The van der Waals surface area contributed by atoms with E-state index in [1.165, 1.54) is 0 Å². The number of carbonyl (C=O) groups excluding carboxylic acids is 1. The second kappa shape index (κ2) is 5.27. The van der Waals surface area contributed by atoms with Gasteiger partial charge in [0, 0.05) is 24.7 Å². The van der Waals surface area contributed by atoms with Crippen LogP contribution in [-0.4, -0.2) is 39.8 Å². The minimum absolute atomic E-state index is 0.0906.